The third kappa shape index (κ3) is 2.05. The van der Waals surface area contributed by atoms with Gasteiger partial charge in [-0.2, -0.15) is 0 Å². The van der Waals surface area contributed by atoms with Crippen LogP contribution >= 0.6 is 0 Å². The van der Waals surface area contributed by atoms with Crippen molar-refractivity contribution in [2.75, 3.05) is 0 Å². The van der Waals surface area contributed by atoms with Gasteiger partial charge in [0, 0.05) is 0 Å². The quantitative estimate of drug-likeness (QED) is 0.326. The van der Waals surface area contributed by atoms with Crippen LogP contribution in [0.25, 0.3) is 11.1 Å². The first kappa shape index (κ1) is 16.2. The van der Waals surface area contributed by atoms with Gasteiger partial charge in [-0.25, -0.2) is 45.0 Å². The molecule has 3 radical (unpaired) electrons. The lowest BCUT2D eigenvalue weighted by Gasteiger charge is -2.17. The lowest BCUT2D eigenvalue weighted by Crippen LogP contribution is -2.20. The molecule has 0 fully saturated rings. The van der Waals surface area contributed by atoms with Gasteiger partial charge in [-0.15, -0.1) is 0 Å². The van der Waals surface area contributed by atoms with Gasteiger partial charge < -0.3 is 7.85 Å². The Balaban J connectivity index is 3.03. The van der Waals surface area contributed by atoms with E-state index in [4.69, 9.17) is 0 Å². The summed E-state index contributed by atoms with van der Waals surface area (Å²) < 4.78 is 120. The van der Waals surface area contributed by atoms with Crippen molar-refractivity contribution >= 4 is 13.3 Å². The molecule has 0 saturated heterocycles. The standard InChI is InChI=1S/C12BF9/c13-3-8(18)4(14)1(5(15)9(3)19)2-6(16)10(20)12(22)11(21)7(2)17/q-1. The fourth-order valence-corrected chi connectivity index (χ4v) is 1.69. The molecule has 0 nitrogen and oxygen atoms in total. The van der Waals surface area contributed by atoms with Gasteiger partial charge in [0.1, 0.15) is 11.6 Å². The van der Waals surface area contributed by atoms with E-state index in [1.54, 1.807) is 0 Å². The number of rotatable bonds is 1. The van der Waals surface area contributed by atoms with Crippen LogP contribution in [0.2, 0.25) is 0 Å². The topological polar surface area (TPSA) is 0 Å². The van der Waals surface area contributed by atoms with Crippen LogP contribution in [0.1, 0.15) is 0 Å². The molecule has 0 N–H and O–H groups in total. The molecule has 22 heavy (non-hydrogen) atoms. The molecule has 0 aliphatic heterocycles. The minimum Gasteiger partial charge on any atom is -0.572 e. The predicted octanol–water partition coefficient (Wildman–Crippen LogP) is 3.40. The molecule has 0 heterocycles. The van der Waals surface area contributed by atoms with Gasteiger partial charge in [-0.3, -0.25) is 0 Å². The van der Waals surface area contributed by atoms with Gasteiger partial charge in [0.2, 0.25) is 5.82 Å². The van der Waals surface area contributed by atoms with Crippen LogP contribution in [0, 0.1) is 52.4 Å². The highest BCUT2D eigenvalue weighted by Gasteiger charge is 2.32. The summed E-state index contributed by atoms with van der Waals surface area (Å²) in [6.45, 7) is 0. The molecule has 2 aromatic rings. The summed E-state index contributed by atoms with van der Waals surface area (Å²) >= 11 is 0. The van der Waals surface area contributed by atoms with Crippen molar-refractivity contribution in [1.29, 1.82) is 0 Å². The third-order valence-electron chi connectivity index (χ3n) is 2.76. The highest BCUT2D eigenvalue weighted by Crippen LogP contribution is 2.35. The molecule has 2 rings (SSSR count). The molecule has 0 bridgehead atoms. The summed E-state index contributed by atoms with van der Waals surface area (Å²) in [7, 11) is 4.66. The molecule has 0 amide bonds. The van der Waals surface area contributed by atoms with E-state index in [1.807, 2.05) is 0 Å². The number of hydrogen-bond donors (Lipinski definition) is 0. The Morgan fingerprint density at radius 2 is 0.591 bits per heavy atom. The predicted molar refractivity (Wildman–Crippen MR) is 56.9 cm³/mol. The second kappa shape index (κ2) is 5.26. The summed E-state index contributed by atoms with van der Waals surface area (Å²) in [6.07, 6.45) is 0. The number of benzene rings is 2. The molecule has 0 spiro atoms. The minimum absolute atomic E-state index is 1.65. The summed E-state index contributed by atoms with van der Waals surface area (Å²) in [6, 6.07) is 0. The fraction of sp³-hybridized carbons (Fsp3) is 0. The summed E-state index contributed by atoms with van der Waals surface area (Å²) in [5, 5.41) is 0. The highest BCUT2D eigenvalue weighted by atomic mass is 19.2. The summed E-state index contributed by atoms with van der Waals surface area (Å²) in [4.78, 5) is 0. The van der Waals surface area contributed by atoms with E-state index in [0.29, 0.717) is 0 Å². The Hall–Kier alpha value is -2.13. The monoisotopic (exact) mass is 326 g/mol. The molecular formula is C12BF9-. The van der Waals surface area contributed by atoms with Crippen molar-refractivity contribution in [2.45, 2.75) is 0 Å². The fourth-order valence-electron chi connectivity index (χ4n) is 1.69. The first-order valence-electron chi connectivity index (χ1n) is 5.24. The van der Waals surface area contributed by atoms with Crippen molar-refractivity contribution in [3.63, 3.8) is 0 Å². The first-order chi connectivity index (χ1) is 10.1. The second-order valence-electron chi connectivity index (χ2n) is 3.99. The molecule has 0 aliphatic carbocycles. The zero-order valence-corrected chi connectivity index (χ0v) is 9.98. The molecule has 115 valence electrons. The zero-order chi connectivity index (χ0) is 16.9. The van der Waals surface area contributed by atoms with Gasteiger partial charge in [-0.05, 0) is 0 Å². The van der Waals surface area contributed by atoms with Crippen LogP contribution in [-0.2, 0) is 0 Å². The second-order valence-corrected chi connectivity index (χ2v) is 3.99. The molecule has 0 aliphatic rings. The number of hydrogen-bond acceptors (Lipinski definition) is 0. The maximum absolute atomic E-state index is 13.6. The maximum Gasteiger partial charge on any atom is 0.200 e. The van der Waals surface area contributed by atoms with Crippen molar-refractivity contribution in [3.8, 4) is 11.1 Å². The Morgan fingerprint density at radius 3 is 0.909 bits per heavy atom. The van der Waals surface area contributed by atoms with E-state index in [0.717, 1.165) is 0 Å². The smallest absolute Gasteiger partial charge is 0.200 e. The Bertz CT molecular complexity index is 675. The van der Waals surface area contributed by atoms with Gasteiger partial charge in [0.05, 0.1) is 11.1 Å². The van der Waals surface area contributed by atoms with E-state index >= 15 is 0 Å². The first-order valence-corrected chi connectivity index (χ1v) is 5.24. The molecule has 10 heteroatoms. The van der Waals surface area contributed by atoms with Crippen LogP contribution in [0.3, 0.4) is 0 Å². The largest absolute Gasteiger partial charge is 0.572 e. The highest BCUT2D eigenvalue weighted by molar-refractivity contribution is 6.32. The summed E-state index contributed by atoms with van der Waals surface area (Å²) in [5.74, 6) is -22.3. The van der Waals surface area contributed by atoms with Gasteiger partial charge in [-0.1, -0.05) is 0 Å². The molecule has 0 saturated carbocycles. The molecular weight excluding hydrogens is 326 g/mol. The van der Waals surface area contributed by atoms with Crippen LogP contribution in [0.5, 0.6) is 0 Å². The van der Waals surface area contributed by atoms with Crippen LogP contribution in [-0.4, -0.2) is 7.85 Å². The maximum atomic E-state index is 13.6. The van der Waals surface area contributed by atoms with Crippen molar-refractivity contribution in [1.82, 2.24) is 0 Å². The normalized spacial score (nSPS) is 11.2. The average Bonchev–Trinajstić information content (AvgIpc) is 2.50. The van der Waals surface area contributed by atoms with E-state index in [-0.39, 0.29) is 0 Å². The third-order valence-corrected chi connectivity index (χ3v) is 2.76. The van der Waals surface area contributed by atoms with E-state index < -0.39 is 68.9 Å². The van der Waals surface area contributed by atoms with Crippen LogP contribution in [0.15, 0.2) is 0 Å². The minimum atomic E-state index is -2.62. The zero-order valence-electron chi connectivity index (χ0n) is 9.98. The van der Waals surface area contributed by atoms with E-state index in [9.17, 15) is 39.5 Å². The van der Waals surface area contributed by atoms with Gasteiger partial charge in [0.15, 0.2) is 34.9 Å². The van der Waals surface area contributed by atoms with E-state index in [1.165, 1.54) is 0 Å². The van der Waals surface area contributed by atoms with Crippen molar-refractivity contribution in [2.24, 2.45) is 0 Å². The average molecular weight is 326 g/mol. The Morgan fingerprint density at radius 1 is 0.364 bits per heavy atom. The molecule has 2 aromatic carbocycles. The lowest BCUT2D eigenvalue weighted by atomic mass is 9.90. The van der Waals surface area contributed by atoms with Crippen molar-refractivity contribution in [3.05, 3.63) is 52.4 Å². The lowest BCUT2D eigenvalue weighted by molar-refractivity contribution is 0.379. The molecule has 0 unspecified atom stereocenters. The SMILES string of the molecule is [B-]c1c(F)c(F)c(-c2c(F)c(F)c(F)c(F)c2F)c(F)c1F. The van der Waals surface area contributed by atoms with Gasteiger partial charge >= 0.3 is 0 Å². The van der Waals surface area contributed by atoms with E-state index in [2.05, 4.69) is 7.85 Å². The van der Waals surface area contributed by atoms with Crippen LogP contribution < -0.4 is 5.46 Å². The molecule has 0 aromatic heterocycles. The number of halogens is 9. The molecule has 0 atom stereocenters. The Labute approximate surface area is 117 Å². The van der Waals surface area contributed by atoms with Gasteiger partial charge in [0.25, 0.3) is 0 Å². The van der Waals surface area contributed by atoms with Crippen LogP contribution in [0.4, 0.5) is 39.5 Å². The van der Waals surface area contributed by atoms with Crippen molar-refractivity contribution < 1.29 is 39.5 Å². The summed E-state index contributed by atoms with van der Waals surface area (Å²) in [5.41, 5.74) is -5.90. The Kier molecular flexibility index (Phi) is 3.88.